The number of nitrogens with two attached hydrogens (primary N) is 1. The van der Waals surface area contributed by atoms with E-state index >= 15 is 0 Å². The third-order valence-electron chi connectivity index (χ3n) is 3.25. The smallest absolute Gasteiger partial charge is 0.152 e. The summed E-state index contributed by atoms with van der Waals surface area (Å²) in [5, 5.41) is 0. The van der Waals surface area contributed by atoms with Crippen LogP contribution in [0, 0.1) is 5.92 Å². The Morgan fingerprint density at radius 3 is 2.88 bits per heavy atom. The van der Waals surface area contributed by atoms with Crippen molar-refractivity contribution in [3.05, 3.63) is 16.7 Å². The van der Waals surface area contributed by atoms with E-state index in [-0.39, 0.29) is 0 Å². The maximum atomic E-state index is 6.03. The third kappa shape index (κ3) is 2.32. The molecule has 1 aliphatic rings. The lowest BCUT2D eigenvalue weighted by atomic mass is 9.95. The molecule has 0 aliphatic carbocycles. The van der Waals surface area contributed by atoms with E-state index in [9.17, 15) is 0 Å². The zero-order valence-electron chi connectivity index (χ0n) is 9.78. The minimum atomic E-state index is 0.534. The van der Waals surface area contributed by atoms with Gasteiger partial charge >= 0.3 is 0 Å². The molecule has 16 heavy (non-hydrogen) atoms. The van der Waals surface area contributed by atoms with E-state index in [0.29, 0.717) is 6.04 Å². The molecule has 2 rings (SSSR count). The summed E-state index contributed by atoms with van der Waals surface area (Å²) in [6, 6.07) is 2.46. The summed E-state index contributed by atoms with van der Waals surface area (Å²) in [6.07, 6.45) is 4.34. The van der Waals surface area contributed by atoms with Crippen LogP contribution in [0.1, 0.15) is 26.7 Å². The van der Waals surface area contributed by atoms with E-state index in [4.69, 9.17) is 5.73 Å². The molecule has 0 radical (unpaired) electrons. The Morgan fingerprint density at radius 1 is 1.44 bits per heavy atom. The van der Waals surface area contributed by atoms with Crippen LogP contribution in [-0.2, 0) is 0 Å². The monoisotopic (exact) mass is 283 g/mol. The van der Waals surface area contributed by atoms with Gasteiger partial charge in [0.2, 0.25) is 0 Å². The van der Waals surface area contributed by atoms with Gasteiger partial charge in [-0.25, -0.2) is 4.98 Å². The Morgan fingerprint density at radius 2 is 2.19 bits per heavy atom. The molecule has 88 valence electrons. The first-order chi connectivity index (χ1) is 7.58. The van der Waals surface area contributed by atoms with Crippen LogP contribution in [0.2, 0.25) is 0 Å². The van der Waals surface area contributed by atoms with Crippen LogP contribution in [0.5, 0.6) is 0 Å². The fourth-order valence-corrected chi connectivity index (χ4v) is 2.62. The molecular weight excluding hydrogens is 266 g/mol. The number of pyridine rings is 1. The average molecular weight is 284 g/mol. The quantitative estimate of drug-likeness (QED) is 0.861. The van der Waals surface area contributed by atoms with Gasteiger partial charge in [0.15, 0.2) is 5.82 Å². The molecule has 0 spiro atoms. The summed E-state index contributed by atoms with van der Waals surface area (Å²) in [7, 11) is 0. The summed E-state index contributed by atoms with van der Waals surface area (Å²) in [5.74, 6) is 1.66. The average Bonchev–Trinajstić information content (AvgIpc) is 2.22. The molecule has 2 N–H and O–H groups in total. The van der Waals surface area contributed by atoms with Crippen molar-refractivity contribution in [2.24, 2.45) is 5.92 Å². The zero-order chi connectivity index (χ0) is 11.7. The SMILES string of the molecule is CC1CCC(C)N(c2ncc(Br)cc2N)C1. The first kappa shape index (κ1) is 11.7. The van der Waals surface area contributed by atoms with Crippen LogP contribution in [0.4, 0.5) is 11.5 Å². The number of nitrogen functional groups attached to an aromatic ring is 1. The first-order valence-corrected chi connectivity index (χ1v) is 6.55. The van der Waals surface area contributed by atoms with Crippen LogP contribution in [-0.4, -0.2) is 17.6 Å². The highest BCUT2D eigenvalue weighted by Crippen LogP contribution is 2.30. The second kappa shape index (κ2) is 4.62. The van der Waals surface area contributed by atoms with E-state index in [1.807, 2.05) is 12.3 Å². The summed E-state index contributed by atoms with van der Waals surface area (Å²) in [6.45, 7) is 5.59. The van der Waals surface area contributed by atoms with E-state index in [0.717, 1.165) is 28.4 Å². The van der Waals surface area contributed by atoms with Crippen LogP contribution in [0.3, 0.4) is 0 Å². The molecule has 1 saturated heterocycles. The summed E-state index contributed by atoms with van der Waals surface area (Å²) >= 11 is 3.39. The highest BCUT2D eigenvalue weighted by atomic mass is 79.9. The van der Waals surface area contributed by atoms with E-state index in [2.05, 4.69) is 39.7 Å². The standard InChI is InChI=1S/C12H18BrN3/c1-8-3-4-9(2)16(7-8)12-11(14)5-10(13)6-15-12/h5-6,8-9H,3-4,7,14H2,1-2H3. The summed E-state index contributed by atoms with van der Waals surface area (Å²) in [5.41, 5.74) is 6.79. The van der Waals surface area contributed by atoms with Crippen LogP contribution in [0.15, 0.2) is 16.7 Å². The van der Waals surface area contributed by atoms with E-state index < -0.39 is 0 Å². The van der Waals surface area contributed by atoms with Crippen molar-refractivity contribution in [2.45, 2.75) is 32.7 Å². The van der Waals surface area contributed by atoms with Gasteiger partial charge in [-0.2, -0.15) is 0 Å². The zero-order valence-corrected chi connectivity index (χ0v) is 11.4. The lowest BCUT2D eigenvalue weighted by Gasteiger charge is -2.38. The number of hydrogen-bond acceptors (Lipinski definition) is 3. The number of piperidine rings is 1. The van der Waals surface area contributed by atoms with Crippen molar-refractivity contribution >= 4 is 27.4 Å². The van der Waals surface area contributed by atoms with Crippen molar-refractivity contribution in [3.8, 4) is 0 Å². The number of aromatic nitrogens is 1. The lowest BCUT2D eigenvalue weighted by molar-refractivity contribution is 0.388. The molecule has 1 fully saturated rings. The number of hydrogen-bond donors (Lipinski definition) is 1. The van der Waals surface area contributed by atoms with Gasteiger partial charge < -0.3 is 10.6 Å². The predicted molar refractivity (Wildman–Crippen MR) is 71.6 cm³/mol. The normalized spacial score (nSPS) is 25.8. The molecule has 2 heterocycles. The van der Waals surface area contributed by atoms with Crippen LogP contribution in [0.25, 0.3) is 0 Å². The second-order valence-electron chi connectivity index (χ2n) is 4.75. The van der Waals surface area contributed by atoms with Crippen LogP contribution >= 0.6 is 15.9 Å². The Hall–Kier alpha value is -0.770. The van der Waals surface area contributed by atoms with Gasteiger partial charge in [-0.1, -0.05) is 6.92 Å². The molecule has 1 aromatic heterocycles. The molecule has 4 heteroatoms. The molecular formula is C12H18BrN3. The number of halogens is 1. The highest BCUT2D eigenvalue weighted by Gasteiger charge is 2.25. The number of nitrogens with zero attached hydrogens (tertiary/aromatic N) is 2. The van der Waals surface area contributed by atoms with Gasteiger partial charge in [-0.15, -0.1) is 0 Å². The maximum absolute atomic E-state index is 6.03. The number of rotatable bonds is 1. The summed E-state index contributed by atoms with van der Waals surface area (Å²) < 4.78 is 0.937. The molecule has 0 aromatic carbocycles. The minimum absolute atomic E-state index is 0.534. The molecule has 0 amide bonds. The molecule has 2 unspecified atom stereocenters. The largest absolute Gasteiger partial charge is 0.396 e. The van der Waals surface area contributed by atoms with Gasteiger partial charge in [-0.3, -0.25) is 0 Å². The van der Waals surface area contributed by atoms with E-state index in [1.54, 1.807) is 0 Å². The highest BCUT2D eigenvalue weighted by molar-refractivity contribution is 9.10. The van der Waals surface area contributed by atoms with Gasteiger partial charge in [0, 0.05) is 23.3 Å². The van der Waals surface area contributed by atoms with Crippen molar-refractivity contribution in [3.63, 3.8) is 0 Å². The van der Waals surface area contributed by atoms with Crippen molar-refractivity contribution in [1.29, 1.82) is 0 Å². The lowest BCUT2D eigenvalue weighted by Crippen LogP contribution is -2.41. The fourth-order valence-electron chi connectivity index (χ4n) is 2.27. The minimum Gasteiger partial charge on any atom is -0.396 e. The predicted octanol–water partition coefficient (Wildman–Crippen LogP) is 3.05. The van der Waals surface area contributed by atoms with E-state index in [1.165, 1.54) is 12.8 Å². The van der Waals surface area contributed by atoms with Crippen molar-refractivity contribution in [2.75, 3.05) is 17.2 Å². The topological polar surface area (TPSA) is 42.2 Å². The van der Waals surface area contributed by atoms with Crippen molar-refractivity contribution in [1.82, 2.24) is 4.98 Å². The molecule has 1 aromatic rings. The molecule has 0 saturated carbocycles. The fraction of sp³-hybridized carbons (Fsp3) is 0.583. The van der Waals surface area contributed by atoms with Gasteiger partial charge in [-0.05, 0) is 47.7 Å². The van der Waals surface area contributed by atoms with Gasteiger partial charge in [0.05, 0.1) is 5.69 Å². The Bertz CT molecular complexity index is 381. The molecule has 2 atom stereocenters. The Kier molecular flexibility index (Phi) is 3.38. The molecule has 1 aliphatic heterocycles. The number of anilines is 2. The van der Waals surface area contributed by atoms with Crippen molar-refractivity contribution < 1.29 is 0 Å². The maximum Gasteiger partial charge on any atom is 0.152 e. The second-order valence-corrected chi connectivity index (χ2v) is 5.67. The summed E-state index contributed by atoms with van der Waals surface area (Å²) in [4.78, 5) is 6.77. The van der Waals surface area contributed by atoms with Gasteiger partial charge in [0.25, 0.3) is 0 Å². The Balaban J connectivity index is 2.28. The molecule has 0 bridgehead atoms. The third-order valence-corrected chi connectivity index (χ3v) is 3.69. The van der Waals surface area contributed by atoms with Gasteiger partial charge in [0.1, 0.15) is 0 Å². The van der Waals surface area contributed by atoms with Crippen LogP contribution < -0.4 is 10.6 Å². The molecule has 3 nitrogen and oxygen atoms in total. The Labute approximate surface area is 105 Å². The first-order valence-electron chi connectivity index (χ1n) is 5.75.